The topological polar surface area (TPSA) is 113 Å². The largest absolute Gasteiger partial charge is 0.337 e. The number of urea groups is 1. The minimum absolute atomic E-state index is 0.00719. The van der Waals surface area contributed by atoms with Crippen molar-refractivity contribution in [2.75, 3.05) is 10.2 Å². The van der Waals surface area contributed by atoms with Crippen LogP contribution in [-0.2, 0) is 20.9 Å². The minimum atomic E-state index is -0.851. The first-order valence-corrected chi connectivity index (χ1v) is 11.2. The zero-order valence-corrected chi connectivity index (χ0v) is 19.4. The Morgan fingerprint density at radius 3 is 2.56 bits per heavy atom. The number of nitrogens with one attached hydrogen (secondary N) is 2. The number of halogens is 1. The lowest BCUT2D eigenvalue weighted by Gasteiger charge is -2.25. The first-order valence-electron chi connectivity index (χ1n) is 10.9. The van der Waals surface area contributed by atoms with E-state index >= 15 is 0 Å². The van der Waals surface area contributed by atoms with Crippen molar-refractivity contribution >= 4 is 63.7 Å². The Bertz CT molecular complexity index is 1540. The highest BCUT2D eigenvalue weighted by Gasteiger charge is 2.37. The van der Waals surface area contributed by atoms with Crippen LogP contribution < -0.4 is 15.5 Å². The molecule has 1 fully saturated rings. The number of carbonyl (C=O) groups is 4. The number of para-hydroxylation sites is 1. The molecular weight excluding hydrogens is 482 g/mol. The predicted octanol–water partition coefficient (Wildman–Crippen LogP) is 3.99. The number of pyridine rings is 1. The summed E-state index contributed by atoms with van der Waals surface area (Å²) in [6.45, 7) is -0.00719. The molecule has 0 aliphatic carbocycles. The van der Waals surface area contributed by atoms with E-state index in [4.69, 9.17) is 11.6 Å². The van der Waals surface area contributed by atoms with Crippen LogP contribution in [-0.4, -0.2) is 33.3 Å². The molecule has 0 bridgehead atoms. The third kappa shape index (κ3) is 4.47. The van der Waals surface area contributed by atoms with Gasteiger partial charge in [0.05, 0.1) is 11.9 Å². The van der Waals surface area contributed by atoms with Gasteiger partial charge < -0.3 is 9.88 Å². The maximum Gasteiger partial charge on any atom is 0.336 e. The Hall–Kier alpha value is -4.76. The number of carbonyl (C=O) groups excluding carboxylic acids is 4. The summed E-state index contributed by atoms with van der Waals surface area (Å²) >= 11 is 5.90. The molecule has 5 amide bonds. The van der Waals surface area contributed by atoms with Crippen LogP contribution in [0.4, 0.5) is 16.2 Å². The Balaban J connectivity index is 1.47. The summed E-state index contributed by atoms with van der Waals surface area (Å²) in [5.74, 6) is -1.84. The number of aromatic nitrogens is 2. The summed E-state index contributed by atoms with van der Waals surface area (Å²) in [6.07, 6.45) is 5.97. The summed E-state index contributed by atoms with van der Waals surface area (Å²) in [6, 6.07) is 16.3. The highest BCUT2D eigenvalue weighted by molar-refractivity contribution is 6.39. The van der Waals surface area contributed by atoms with Crippen LogP contribution in [0.2, 0.25) is 5.02 Å². The van der Waals surface area contributed by atoms with Gasteiger partial charge in [-0.1, -0.05) is 29.8 Å². The number of amides is 5. The van der Waals surface area contributed by atoms with Crippen molar-refractivity contribution in [3.05, 3.63) is 95.4 Å². The average Bonchev–Trinajstić information content (AvgIpc) is 3.20. The number of barbiturate groups is 1. The molecule has 2 aromatic heterocycles. The lowest BCUT2D eigenvalue weighted by Crippen LogP contribution is -2.54. The number of benzene rings is 2. The van der Waals surface area contributed by atoms with Gasteiger partial charge in [-0.25, -0.2) is 9.69 Å². The molecule has 0 atom stereocenters. The van der Waals surface area contributed by atoms with Crippen molar-refractivity contribution in [2.24, 2.45) is 0 Å². The van der Waals surface area contributed by atoms with Crippen LogP contribution in [0.25, 0.3) is 17.0 Å². The normalized spacial score (nSPS) is 14.9. The second-order valence-electron chi connectivity index (χ2n) is 7.95. The summed E-state index contributed by atoms with van der Waals surface area (Å²) in [4.78, 5) is 55.6. The molecule has 36 heavy (non-hydrogen) atoms. The quantitative estimate of drug-likeness (QED) is 0.318. The fraction of sp³-hybridized carbons (Fsp3) is 0.0385. The minimum Gasteiger partial charge on any atom is -0.337 e. The molecule has 1 aliphatic rings. The summed E-state index contributed by atoms with van der Waals surface area (Å²) in [5.41, 5.74) is 1.91. The number of rotatable bonds is 5. The van der Waals surface area contributed by atoms with Crippen molar-refractivity contribution < 1.29 is 19.2 Å². The Labute approximate surface area is 210 Å². The first-order chi connectivity index (χ1) is 17.4. The van der Waals surface area contributed by atoms with E-state index in [0.29, 0.717) is 16.3 Å². The van der Waals surface area contributed by atoms with Crippen LogP contribution >= 0.6 is 11.6 Å². The fourth-order valence-corrected chi connectivity index (χ4v) is 4.07. The maximum atomic E-state index is 13.2. The molecule has 5 rings (SSSR count). The van der Waals surface area contributed by atoms with Gasteiger partial charge in [0.1, 0.15) is 12.1 Å². The zero-order valence-electron chi connectivity index (χ0n) is 18.6. The van der Waals surface area contributed by atoms with Gasteiger partial charge >= 0.3 is 6.03 Å². The van der Waals surface area contributed by atoms with Crippen LogP contribution in [0.15, 0.2) is 84.8 Å². The van der Waals surface area contributed by atoms with Crippen LogP contribution in [0, 0.1) is 0 Å². The molecule has 9 nitrogen and oxygen atoms in total. The zero-order chi connectivity index (χ0) is 25.2. The number of hydrogen-bond donors (Lipinski definition) is 2. The van der Waals surface area contributed by atoms with Crippen molar-refractivity contribution in [1.82, 2.24) is 14.9 Å². The standard InChI is InChI=1S/C26H18ClN5O4/c27-17-7-9-18(10-8-17)29-23(33)15-31-14-16(20-5-1-2-6-22(20)31)12-21-24(34)30-26(36)32(25(21)35)19-4-3-11-28-13-19/h1-14H,15H2,(H,29,33)(H,30,34,36)/b21-12+. The number of hydrogen-bond acceptors (Lipinski definition) is 5. The summed E-state index contributed by atoms with van der Waals surface area (Å²) < 4.78 is 1.72. The molecule has 3 heterocycles. The van der Waals surface area contributed by atoms with Crippen molar-refractivity contribution in [3.8, 4) is 0 Å². The van der Waals surface area contributed by atoms with E-state index in [1.54, 1.807) is 47.2 Å². The van der Waals surface area contributed by atoms with E-state index in [0.717, 1.165) is 15.8 Å². The molecule has 2 N–H and O–H groups in total. The van der Waals surface area contributed by atoms with Crippen molar-refractivity contribution in [2.45, 2.75) is 6.54 Å². The van der Waals surface area contributed by atoms with Gasteiger partial charge in [-0.05, 0) is 48.5 Å². The van der Waals surface area contributed by atoms with Gasteiger partial charge in [0, 0.05) is 39.6 Å². The third-order valence-electron chi connectivity index (χ3n) is 5.57. The first kappa shape index (κ1) is 23.0. The molecule has 1 saturated heterocycles. The van der Waals surface area contributed by atoms with Gasteiger partial charge in [0.2, 0.25) is 5.91 Å². The van der Waals surface area contributed by atoms with Gasteiger partial charge in [-0.15, -0.1) is 0 Å². The lowest BCUT2D eigenvalue weighted by molar-refractivity contribution is -0.122. The Morgan fingerprint density at radius 1 is 1.03 bits per heavy atom. The van der Waals surface area contributed by atoms with Gasteiger partial charge in [0.25, 0.3) is 11.8 Å². The molecule has 4 aromatic rings. The molecule has 178 valence electrons. The molecule has 10 heteroatoms. The van der Waals surface area contributed by atoms with Crippen LogP contribution in [0.1, 0.15) is 5.56 Å². The number of imide groups is 2. The van der Waals surface area contributed by atoms with E-state index in [1.165, 1.54) is 18.5 Å². The molecule has 0 unspecified atom stereocenters. The highest BCUT2D eigenvalue weighted by atomic mass is 35.5. The smallest absolute Gasteiger partial charge is 0.336 e. The van der Waals surface area contributed by atoms with E-state index < -0.39 is 17.8 Å². The van der Waals surface area contributed by atoms with Gasteiger partial charge in [-0.3, -0.25) is 24.7 Å². The van der Waals surface area contributed by atoms with Crippen LogP contribution in [0.3, 0.4) is 0 Å². The van der Waals surface area contributed by atoms with E-state index in [-0.39, 0.29) is 23.7 Å². The predicted molar refractivity (Wildman–Crippen MR) is 135 cm³/mol. The third-order valence-corrected chi connectivity index (χ3v) is 5.82. The molecule has 2 aromatic carbocycles. The Kier molecular flexibility index (Phi) is 6.05. The number of fused-ring (bicyclic) bond motifs is 1. The molecular formula is C26H18ClN5O4. The SMILES string of the molecule is O=C(Cn1cc(/C=C2\C(=O)NC(=O)N(c3cccnc3)C2=O)c2ccccc21)Nc1ccc(Cl)cc1. The van der Waals surface area contributed by atoms with Gasteiger partial charge in [-0.2, -0.15) is 0 Å². The number of nitrogens with zero attached hydrogens (tertiary/aromatic N) is 3. The maximum absolute atomic E-state index is 13.2. The van der Waals surface area contributed by atoms with E-state index in [1.807, 2.05) is 24.3 Å². The highest BCUT2D eigenvalue weighted by Crippen LogP contribution is 2.26. The molecule has 0 radical (unpaired) electrons. The van der Waals surface area contributed by atoms with Gasteiger partial charge in [0.15, 0.2) is 0 Å². The molecule has 1 aliphatic heterocycles. The average molecular weight is 500 g/mol. The second-order valence-corrected chi connectivity index (χ2v) is 8.39. The summed E-state index contributed by atoms with van der Waals surface area (Å²) in [7, 11) is 0. The van der Waals surface area contributed by atoms with E-state index in [2.05, 4.69) is 15.6 Å². The van der Waals surface area contributed by atoms with Crippen LogP contribution in [0.5, 0.6) is 0 Å². The van der Waals surface area contributed by atoms with Crippen molar-refractivity contribution in [1.29, 1.82) is 0 Å². The van der Waals surface area contributed by atoms with E-state index in [9.17, 15) is 19.2 Å². The van der Waals surface area contributed by atoms with Crippen molar-refractivity contribution in [3.63, 3.8) is 0 Å². The molecule has 0 saturated carbocycles. The Morgan fingerprint density at radius 2 is 1.81 bits per heavy atom. The second kappa shape index (κ2) is 9.47. The number of anilines is 2. The fourth-order valence-electron chi connectivity index (χ4n) is 3.94. The molecule has 0 spiro atoms. The summed E-state index contributed by atoms with van der Waals surface area (Å²) in [5, 5.41) is 6.30. The monoisotopic (exact) mass is 499 g/mol. The lowest BCUT2D eigenvalue weighted by atomic mass is 10.1.